The second kappa shape index (κ2) is 4.09. The molecule has 0 spiro atoms. The summed E-state index contributed by atoms with van der Waals surface area (Å²) in [6, 6.07) is 3.55. The summed E-state index contributed by atoms with van der Waals surface area (Å²) < 4.78 is 0. The lowest BCUT2D eigenvalue weighted by molar-refractivity contribution is 0.100. The Morgan fingerprint density at radius 2 is 2.14 bits per heavy atom. The number of rotatable bonds is 3. The number of aromatic nitrogens is 1. The molecule has 1 amide bonds. The minimum absolute atomic E-state index is 0.441. The molecule has 1 aromatic heterocycles. The van der Waals surface area contributed by atoms with Crippen LogP contribution >= 0.6 is 0 Å². The fourth-order valence-electron chi connectivity index (χ4n) is 1.22. The summed E-state index contributed by atoms with van der Waals surface area (Å²) in [5.74, 6) is 0.195. The smallest absolute Gasteiger partial charge is 0.252 e. The van der Waals surface area contributed by atoms with E-state index in [-0.39, 0.29) is 0 Å². The molecule has 0 aliphatic carbocycles. The molecule has 0 bridgehead atoms. The van der Waals surface area contributed by atoms with Gasteiger partial charge in [0.05, 0.1) is 5.56 Å². The Morgan fingerprint density at radius 1 is 1.50 bits per heavy atom. The zero-order valence-corrected chi connectivity index (χ0v) is 8.74. The Bertz CT molecular complexity index is 347. The first kappa shape index (κ1) is 10.5. The number of primary amides is 1. The van der Waals surface area contributed by atoms with Gasteiger partial charge in [0.25, 0.3) is 5.91 Å². The maximum absolute atomic E-state index is 11.1. The largest absolute Gasteiger partial charge is 0.365 e. The second-order valence-corrected chi connectivity index (χ2v) is 3.29. The van der Waals surface area contributed by atoms with Crippen LogP contribution in [0.15, 0.2) is 12.1 Å². The van der Waals surface area contributed by atoms with Crippen LogP contribution in [-0.2, 0) is 6.42 Å². The van der Waals surface area contributed by atoms with Gasteiger partial charge in [-0.3, -0.25) is 4.79 Å². The molecule has 0 aliphatic heterocycles. The molecule has 76 valence electrons. The minimum Gasteiger partial charge on any atom is -0.365 e. The number of nitrogens with two attached hydrogens (primary N) is 1. The van der Waals surface area contributed by atoms with Crippen molar-refractivity contribution in [3.05, 3.63) is 23.4 Å². The lowest BCUT2D eigenvalue weighted by Crippen LogP contribution is -2.20. The van der Waals surface area contributed by atoms with Crippen LogP contribution in [0.5, 0.6) is 0 Å². The van der Waals surface area contributed by atoms with Gasteiger partial charge in [-0.25, -0.2) is 4.98 Å². The molecule has 0 aromatic carbocycles. The van der Waals surface area contributed by atoms with Crippen molar-refractivity contribution in [1.82, 2.24) is 4.98 Å². The molecule has 0 saturated heterocycles. The van der Waals surface area contributed by atoms with Crippen LogP contribution in [0.4, 0.5) is 5.82 Å². The molecule has 0 atom stereocenters. The predicted molar refractivity (Wildman–Crippen MR) is 56.5 cm³/mol. The maximum Gasteiger partial charge on any atom is 0.252 e. The molecule has 1 rings (SSSR count). The molecule has 4 heteroatoms. The molecule has 0 unspecified atom stereocenters. The van der Waals surface area contributed by atoms with Crippen LogP contribution in [0.2, 0.25) is 0 Å². The predicted octanol–water partition coefficient (Wildman–Crippen LogP) is 0.809. The molecule has 4 nitrogen and oxygen atoms in total. The summed E-state index contributed by atoms with van der Waals surface area (Å²) >= 11 is 0. The second-order valence-electron chi connectivity index (χ2n) is 3.29. The Labute approximate surface area is 83.7 Å². The number of hydrogen-bond acceptors (Lipinski definition) is 3. The molecule has 14 heavy (non-hydrogen) atoms. The van der Waals surface area contributed by atoms with Crippen molar-refractivity contribution in [2.24, 2.45) is 5.73 Å². The number of pyridine rings is 1. The molecular formula is C10H15N3O. The Kier molecular flexibility index (Phi) is 3.06. The zero-order valence-electron chi connectivity index (χ0n) is 8.74. The average molecular weight is 193 g/mol. The van der Waals surface area contributed by atoms with Gasteiger partial charge in [-0.15, -0.1) is 0 Å². The van der Waals surface area contributed by atoms with E-state index < -0.39 is 5.91 Å². The van der Waals surface area contributed by atoms with E-state index in [1.165, 1.54) is 0 Å². The van der Waals surface area contributed by atoms with Crippen LogP contribution < -0.4 is 10.6 Å². The first-order valence-electron chi connectivity index (χ1n) is 4.53. The maximum atomic E-state index is 11.1. The SMILES string of the molecule is CCc1ccc(C(N)=O)c(N(C)C)n1. The molecule has 2 N–H and O–H groups in total. The van der Waals surface area contributed by atoms with E-state index in [0.717, 1.165) is 12.1 Å². The summed E-state index contributed by atoms with van der Waals surface area (Å²) in [5, 5.41) is 0. The van der Waals surface area contributed by atoms with Crippen molar-refractivity contribution in [3.8, 4) is 0 Å². The summed E-state index contributed by atoms with van der Waals surface area (Å²) in [5.41, 5.74) is 6.66. The summed E-state index contributed by atoms with van der Waals surface area (Å²) in [6.45, 7) is 2.02. The van der Waals surface area contributed by atoms with Gasteiger partial charge < -0.3 is 10.6 Å². The highest BCUT2D eigenvalue weighted by Crippen LogP contribution is 2.15. The quantitative estimate of drug-likeness (QED) is 0.772. The normalized spacial score (nSPS) is 9.93. The van der Waals surface area contributed by atoms with Crippen LogP contribution in [0.1, 0.15) is 23.0 Å². The Balaban J connectivity index is 3.24. The number of aryl methyl sites for hydroxylation is 1. The van der Waals surface area contributed by atoms with Gasteiger partial charge >= 0.3 is 0 Å². The number of hydrogen-bond donors (Lipinski definition) is 1. The third kappa shape index (κ3) is 2.02. The van der Waals surface area contributed by atoms with Gasteiger partial charge in [-0.05, 0) is 18.6 Å². The fraction of sp³-hybridized carbons (Fsp3) is 0.400. The highest BCUT2D eigenvalue weighted by Gasteiger charge is 2.11. The molecule has 0 radical (unpaired) electrons. The lowest BCUT2D eigenvalue weighted by atomic mass is 10.2. The monoisotopic (exact) mass is 193 g/mol. The van der Waals surface area contributed by atoms with Gasteiger partial charge in [0.2, 0.25) is 0 Å². The molecular weight excluding hydrogens is 178 g/mol. The van der Waals surface area contributed by atoms with Crippen molar-refractivity contribution in [2.45, 2.75) is 13.3 Å². The minimum atomic E-state index is -0.441. The number of nitrogens with zero attached hydrogens (tertiary/aromatic N) is 2. The van der Waals surface area contributed by atoms with E-state index in [2.05, 4.69) is 4.98 Å². The Hall–Kier alpha value is -1.58. The van der Waals surface area contributed by atoms with Crippen LogP contribution in [0.3, 0.4) is 0 Å². The van der Waals surface area contributed by atoms with Gasteiger partial charge in [-0.1, -0.05) is 6.92 Å². The number of carbonyl (C=O) groups excluding carboxylic acids is 1. The number of carbonyl (C=O) groups is 1. The van der Waals surface area contributed by atoms with Gasteiger partial charge in [0.1, 0.15) is 5.82 Å². The topological polar surface area (TPSA) is 59.2 Å². The molecule has 1 heterocycles. The first-order valence-corrected chi connectivity index (χ1v) is 4.53. The van der Waals surface area contributed by atoms with E-state index in [1.54, 1.807) is 11.0 Å². The van der Waals surface area contributed by atoms with E-state index in [1.807, 2.05) is 27.1 Å². The van der Waals surface area contributed by atoms with Crippen molar-refractivity contribution < 1.29 is 4.79 Å². The van der Waals surface area contributed by atoms with Gasteiger partial charge in [0, 0.05) is 19.8 Å². The number of amides is 1. The van der Waals surface area contributed by atoms with Crippen LogP contribution in [0, 0.1) is 0 Å². The van der Waals surface area contributed by atoms with Crippen molar-refractivity contribution in [1.29, 1.82) is 0 Å². The van der Waals surface area contributed by atoms with E-state index in [9.17, 15) is 4.79 Å². The Morgan fingerprint density at radius 3 is 2.57 bits per heavy atom. The average Bonchev–Trinajstić information content (AvgIpc) is 2.16. The lowest BCUT2D eigenvalue weighted by Gasteiger charge is -2.15. The van der Waals surface area contributed by atoms with Crippen molar-refractivity contribution in [3.63, 3.8) is 0 Å². The third-order valence-electron chi connectivity index (χ3n) is 1.98. The summed E-state index contributed by atoms with van der Waals surface area (Å²) in [7, 11) is 3.68. The van der Waals surface area contributed by atoms with Crippen LogP contribution in [-0.4, -0.2) is 25.0 Å². The zero-order chi connectivity index (χ0) is 10.7. The standard InChI is InChI=1S/C10H15N3O/c1-4-7-5-6-8(9(11)14)10(12-7)13(2)3/h5-6H,4H2,1-3H3,(H2,11,14). The van der Waals surface area contributed by atoms with E-state index in [0.29, 0.717) is 11.4 Å². The fourth-order valence-corrected chi connectivity index (χ4v) is 1.22. The van der Waals surface area contributed by atoms with Gasteiger partial charge in [0.15, 0.2) is 0 Å². The summed E-state index contributed by atoms with van der Waals surface area (Å²) in [6.07, 6.45) is 0.847. The highest BCUT2D eigenvalue weighted by molar-refractivity contribution is 5.97. The molecule has 0 fully saturated rings. The van der Waals surface area contributed by atoms with Gasteiger partial charge in [-0.2, -0.15) is 0 Å². The first-order chi connectivity index (χ1) is 6.56. The van der Waals surface area contributed by atoms with Crippen molar-refractivity contribution >= 4 is 11.7 Å². The van der Waals surface area contributed by atoms with E-state index in [4.69, 9.17) is 5.73 Å². The molecule has 0 aliphatic rings. The van der Waals surface area contributed by atoms with Crippen LogP contribution in [0.25, 0.3) is 0 Å². The van der Waals surface area contributed by atoms with E-state index >= 15 is 0 Å². The molecule has 0 saturated carbocycles. The summed E-state index contributed by atoms with van der Waals surface area (Å²) in [4.78, 5) is 17.2. The molecule has 1 aromatic rings. The highest BCUT2D eigenvalue weighted by atomic mass is 16.1. The third-order valence-corrected chi connectivity index (χ3v) is 1.98. The van der Waals surface area contributed by atoms with Crippen molar-refractivity contribution in [2.75, 3.05) is 19.0 Å². The number of anilines is 1.